The second kappa shape index (κ2) is 9.97. The number of nitrogens with one attached hydrogen (secondary N) is 1. The molecule has 172 valence electrons. The molecule has 7 heteroatoms. The highest BCUT2D eigenvalue weighted by molar-refractivity contribution is 5.95. The molecule has 5 rings (SSSR count). The molecule has 2 heterocycles. The van der Waals surface area contributed by atoms with E-state index in [4.69, 9.17) is 4.52 Å². The highest BCUT2D eigenvalue weighted by atomic mass is 19.1. The summed E-state index contributed by atoms with van der Waals surface area (Å²) < 4.78 is 18.9. The van der Waals surface area contributed by atoms with Crippen molar-refractivity contribution in [2.45, 2.75) is 24.8 Å². The predicted octanol–water partition coefficient (Wildman–Crippen LogP) is 5.44. The molecule has 1 aliphatic heterocycles. The number of nitrogens with zero attached hydrogens (tertiary/aromatic N) is 3. The maximum Gasteiger partial charge on any atom is 0.246 e. The lowest BCUT2D eigenvalue weighted by atomic mass is 9.94. The lowest BCUT2D eigenvalue weighted by Crippen LogP contribution is -2.42. The molecule has 1 N–H and O–H groups in total. The van der Waals surface area contributed by atoms with Crippen molar-refractivity contribution in [1.29, 1.82) is 0 Å². The molecule has 0 spiro atoms. The van der Waals surface area contributed by atoms with Crippen LogP contribution < -0.4 is 5.32 Å². The first-order valence-electron chi connectivity index (χ1n) is 11.4. The molecule has 1 saturated heterocycles. The zero-order valence-electron chi connectivity index (χ0n) is 18.6. The second-order valence-corrected chi connectivity index (χ2v) is 8.47. The van der Waals surface area contributed by atoms with Gasteiger partial charge in [0.2, 0.25) is 17.6 Å². The molecule has 1 amide bonds. The van der Waals surface area contributed by atoms with E-state index in [1.54, 1.807) is 12.1 Å². The van der Waals surface area contributed by atoms with Crippen molar-refractivity contribution in [2.24, 2.45) is 0 Å². The van der Waals surface area contributed by atoms with Gasteiger partial charge in [0, 0.05) is 17.8 Å². The van der Waals surface area contributed by atoms with Gasteiger partial charge in [-0.15, -0.1) is 0 Å². The Morgan fingerprint density at radius 2 is 1.71 bits per heavy atom. The minimum absolute atomic E-state index is 0.00573. The van der Waals surface area contributed by atoms with Gasteiger partial charge in [-0.2, -0.15) is 4.98 Å². The van der Waals surface area contributed by atoms with Gasteiger partial charge in [0.25, 0.3) is 0 Å². The Morgan fingerprint density at radius 1 is 1.00 bits per heavy atom. The van der Waals surface area contributed by atoms with Crippen molar-refractivity contribution in [1.82, 2.24) is 15.0 Å². The van der Waals surface area contributed by atoms with Crippen LogP contribution in [0.2, 0.25) is 0 Å². The van der Waals surface area contributed by atoms with Crippen molar-refractivity contribution < 1.29 is 13.7 Å². The van der Waals surface area contributed by atoms with Gasteiger partial charge in [-0.05, 0) is 61.3 Å². The molecule has 1 fully saturated rings. The molecule has 4 aromatic rings. The fourth-order valence-electron chi connectivity index (χ4n) is 4.46. The molecule has 0 bridgehead atoms. The first kappa shape index (κ1) is 22.0. The number of hydrogen-bond acceptors (Lipinski definition) is 5. The maximum atomic E-state index is 13.4. The van der Waals surface area contributed by atoms with Crippen molar-refractivity contribution in [3.63, 3.8) is 0 Å². The predicted molar refractivity (Wildman–Crippen MR) is 127 cm³/mol. The summed E-state index contributed by atoms with van der Waals surface area (Å²) in [6, 6.07) is 24.9. The maximum absolute atomic E-state index is 13.4. The minimum atomic E-state index is -0.441. The Hall–Kier alpha value is -3.84. The Balaban J connectivity index is 1.37. The SMILES string of the molecule is O=C(Nc1ccccc1)C(c1ccccc1)N1CCCC(c2nc(-c3ccc(F)cc3)no2)C1. The topological polar surface area (TPSA) is 71.3 Å². The van der Waals surface area contributed by atoms with Crippen LogP contribution in [0.3, 0.4) is 0 Å². The fraction of sp³-hybridized carbons (Fsp3) is 0.222. The number of piperidine rings is 1. The van der Waals surface area contributed by atoms with Crippen LogP contribution in [0, 0.1) is 5.82 Å². The molecular formula is C27H25FN4O2. The van der Waals surface area contributed by atoms with E-state index in [2.05, 4.69) is 20.4 Å². The highest BCUT2D eigenvalue weighted by Gasteiger charge is 2.34. The van der Waals surface area contributed by atoms with Crippen LogP contribution in [0.15, 0.2) is 89.5 Å². The third-order valence-corrected chi connectivity index (χ3v) is 6.12. The number of likely N-dealkylation sites (tertiary alicyclic amines) is 1. The molecule has 2 unspecified atom stereocenters. The van der Waals surface area contributed by atoms with Gasteiger partial charge < -0.3 is 9.84 Å². The van der Waals surface area contributed by atoms with Crippen molar-refractivity contribution in [3.05, 3.63) is 102 Å². The van der Waals surface area contributed by atoms with Gasteiger partial charge in [0.05, 0.1) is 5.92 Å². The molecule has 34 heavy (non-hydrogen) atoms. The monoisotopic (exact) mass is 456 g/mol. The third kappa shape index (κ3) is 4.89. The Labute approximate surface area is 197 Å². The summed E-state index contributed by atoms with van der Waals surface area (Å²) >= 11 is 0. The Morgan fingerprint density at radius 3 is 2.44 bits per heavy atom. The van der Waals surface area contributed by atoms with E-state index in [1.165, 1.54) is 12.1 Å². The Bertz CT molecular complexity index is 1230. The zero-order chi connectivity index (χ0) is 23.3. The second-order valence-electron chi connectivity index (χ2n) is 8.47. The average molecular weight is 457 g/mol. The van der Waals surface area contributed by atoms with Gasteiger partial charge in [-0.3, -0.25) is 9.69 Å². The summed E-state index contributed by atoms with van der Waals surface area (Å²) in [5.74, 6) is 0.603. The van der Waals surface area contributed by atoms with Crippen LogP contribution in [0.4, 0.5) is 10.1 Å². The quantitative estimate of drug-likeness (QED) is 0.419. The third-order valence-electron chi connectivity index (χ3n) is 6.12. The summed E-state index contributed by atoms with van der Waals surface area (Å²) in [4.78, 5) is 20.2. The van der Waals surface area contributed by atoms with E-state index in [1.807, 2.05) is 60.7 Å². The summed E-state index contributed by atoms with van der Waals surface area (Å²) in [6.07, 6.45) is 1.80. The van der Waals surface area contributed by atoms with Crippen LogP contribution in [0.5, 0.6) is 0 Å². The van der Waals surface area contributed by atoms with Crippen LogP contribution in [0.1, 0.15) is 36.3 Å². The molecule has 1 aromatic heterocycles. The summed E-state index contributed by atoms with van der Waals surface area (Å²) in [6.45, 7) is 1.41. The molecule has 1 aliphatic rings. The molecular weight excluding hydrogens is 431 g/mol. The average Bonchev–Trinajstić information content (AvgIpc) is 3.37. The molecule has 0 saturated carbocycles. The van der Waals surface area contributed by atoms with Gasteiger partial charge in [0.15, 0.2) is 0 Å². The number of halogens is 1. The summed E-state index contributed by atoms with van der Waals surface area (Å²) in [7, 11) is 0. The molecule has 0 aliphatic carbocycles. The number of rotatable bonds is 6. The number of carbonyl (C=O) groups is 1. The molecule has 6 nitrogen and oxygen atoms in total. The highest BCUT2D eigenvalue weighted by Crippen LogP contribution is 2.33. The summed E-state index contributed by atoms with van der Waals surface area (Å²) in [5, 5.41) is 7.16. The van der Waals surface area contributed by atoms with Gasteiger partial charge >= 0.3 is 0 Å². The first-order chi connectivity index (χ1) is 16.7. The normalized spacial score (nSPS) is 17.3. The van der Waals surface area contributed by atoms with Crippen LogP contribution in [-0.2, 0) is 4.79 Å². The minimum Gasteiger partial charge on any atom is -0.339 e. The summed E-state index contributed by atoms with van der Waals surface area (Å²) in [5.41, 5.74) is 2.41. The number of aromatic nitrogens is 2. The van der Waals surface area contributed by atoms with E-state index in [0.29, 0.717) is 23.8 Å². The van der Waals surface area contributed by atoms with E-state index < -0.39 is 6.04 Å². The number of benzene rings is 3. The van der Waals surface area contributed by atoms with Gasteiger partial charge in [-0.25, -0.2) is 4.39 Å². The largest absolute Gasteiger partial charge is 0.339 e. The number of carbonyl (C=O) groups excluding carboxylic acids is 1. The first-order valence-corrected chi connectivity index (χ1v) is 11.4. The van der Waals surface area contributed by atoms with Crippen LogP contribution >= 0.6 is 0 Å². The van der Waals surface area contributed by atoms with E-state index in [9.17, 15) is 9.18 Å². The zero-order valence-corrected chi connectivity index (χ0v) is 18.6. The Kier molecular flexibility index (Phi) is 6.44. The standard InChI is InChI=1S/C27H25FN4O2/c28-22-15-13-20(14-16-22)25-30-27(34-31-25)21-10-7-17-32(18-21)24(19-8-3-1-4-9-19)26(33)29-23-11-5-2-6-12-23/h1-6,8-9,11-16,21,24H,7,10,17-18H2,(H,29,33). The molecule has 0 radical (unpaired) electrons. The van der Waals surface area contributed by atoms with Crippen LogP contribution in [0.25, 0.3) is 11.4 Å². The smallest absolute Gasteiger partial charge is 0.246 e. The van der Waals surface area contributed by atoms with E-state index in [0.717, 1.165) is 30.6 Å². The fourth-order valence-corrected chi connectivity index (χ4v) is 4.46. The molecule has 3 aromatic carbocycles. The number of hydrogen-bond donors (Lipinski definition) is 1. The van der Waals surface area contributed by atoms with Crippen molar-refractivity contribution >= 4 is 11.6 Å². The number of anilines is 1. The lowest BCUT2D eigenvalue weighted by molar-refractivity contribution is -0.122. The van der Waals surface area contributed by atoms with Crippen molar-refractivity contribution in [3.8, 4) is 11.4 Å². The van der Waals surface area contributed by atoms with Gasteiger partial charge in [0.1, 0.15) is 11.9 Å². The van der Waals surface area contributed by atoms with Crippen LogP contribution in [-0.4, -0.2) is 34.0 Å². The van der Waals surface area contributed by atoms with Gasteiger partial charge in [-0.1, -0.05) is 53.7 Å². The van der Waals surface area contributed by atoms with E-state index in [-0.39, 0.29) is 17.6 Å². The lowest BCUT2D eigenvalue weighted by Gasteiger charge is -2.36. The molecule has 2 atom stereocenters. The van der Waals surface area contributed by atoms with E-state index >= 15 is 0 Å². The number of amides is 1. The number of para-hydroxylation sites is 1. The van der Waals surface area contributed by atoms with Crippen molar-refractivity contribution in [2.75, 3.05) is 18.4 Å².